The number of aromatic nitrogens is 2. The quantitative estimate of drug-likeness (QED) is 0.835. The second-order valence-corrected chi connectivity index (χ2v) is 4.21. The summed E-state index contributed by atoms with van der Waals surface area (Å²) in [6, 6.07) is 8.95. The number of hydrogen-bond acceptors (Lipinski definition) is 4. The molecule has 0 fully saturated rings. The Hall–Kier alpha value is -2.13. The number of nitrogens with zero attached hydrogens (tertiary/aromatic N) is 2. The SMILES string of the molecule is N#Cc1c(-c2ccc(Br)cc2)nc(N)[nH]c1=O. The van der Waals surface area contributed by atoms with Crippen molar-refractivity contribution in [2.45, 2.75) is 0 Å². The molecule has 1 aromatic carbocycles. The molecular weight excluding hydrogens is 284 g/mol. The molecule has 0 aliphatic carbocycles. The minimum absolute atomic E-state index is 0.00748. The normalized spacial score (nSPS) is 9.88. The lowest BCUT2D eigenvalue weighted by atomic mass is 10.1. The minimum Gasteiger partial charge on any atom is -0.369 e. The number of anilines is 1. The van der Waals surface area contributed by atoms with Gasteiger partial charge in [0.15, 0.2) is 0 Å². The average Bonchev–Trinajstić information content (AvgIpc) is 2.29. The zero-order chi connectivity index (χ0) is 12.4. The van der Waals surface area contributed by atoms with Crippen LogP contribution in [0.5, 0.6) is 0 Å². The molecule has 2 aromatic rings. The summed E-state index contributed by atoms with van der Waals surface area (Å²) in [4.78, 5) is 17.8. The molecule has 5 nitrogen and oxygen atoms in total. The largest absolute Gasteiger partial charge is 0.369 e. The summed E-state index contributed by atoms with van der Waals surface area (Å²) in [6.45, 7) is 0. The van der Waals surface area contributed by atoms with Gasteiger partial charge in [-0.2, -0.15) is 5.26 Å². The van der Waals surface area contributed by atoms with Gasteiger partial charge < -0.3 is 5.73 Å². The lowest BCUT2D eigenvalue weighted by Gasteiger charge is -2.03. The molecule has 0 saturated carbocycles. The number of aromatic amines is 1. The zero-order valence-corrected chi connectivity index (χ0v) is 10.2. The van der Waals surface area contributed by atoms with E-state index in [1.807, 2.05) is 6.07 Å². The third kappa shape index (κ3) is 2.19. The molecular formula is C11H7BrN4O. The summed E-state index contributed by atoms with van der Waals surface area (Å²) < 4.78 is 0.901. The maximum atomic E-state index is 11.5. The summed E-state index contributed by atoms with van der Waals surface area (Å²) in [7, 11) is 0. The Morgan fingerprint density at radius 3 is 2.59 bits per heavy atom. The summed E-state index contributed by atoms with van der Waals surface area (Å²) in [6.07, 6.45) is 0. The molecule has 6 heteroatoms. The maximum Gasteiger partial charge on any atom is 0.270 e. The van der Waals surface area contributed by atoms with E-state index < -0.39 is 5.56 Å². The number of halogens is 1. The van der Waals surface area contributed by atoms with Crippen LogP contribution in [0.15, 0.2) is 33.5 Å². The molecule has 0 spiro atoms. The molecule has 0 aliphatic heterocycles. The number of rotatable bonds is 1. The highest BCUT2D eigenvalue weighted by Gasteiger charge is 2.11. The van der Waals surface area contributed by atoms with Gasteiger partial charge >= 0.3 is 0 Å². The molecule has 0 amide bonds. The van der Waals surface area contributed by atoms with Crippen molar-refractivity contribution in [2.75, 3.05) is 5.73 Å². The Bertz CT molecular complexity index is 655. The van der Waals surface area contributed by atoms with Gasteiger partial charge in [-0.1, -0.05) is 28.1 Å². The van der Waals surface area contributed by atoms with Crippen LogP contribution in [0.25, 0.3) is 11.3 Å². The van der Waals surface area contributed by atoms with Crippen LogP contribution in [-0.4, -0.2) is 9.97 Å². The molecule has 1 aromatic heterocycles. The van der Waals surface area contributed by atoms with E-state index in [4.69, 9.17) is 11.0 Å². The Balaban J connectivity index is 2.71. The van der Waals surface area contributed by atoms with Gasteiger partial charge in [0, 0.05) is 10.0 Å². The number of nitrogens with two attached hydrogens (primary N) is 1. The van der Waals surface area contributed by atoms with Crippen LogP contribution in [0, 0.1) is 11.3 Å². The topological polar surface area (TPSA) is 95.6 Å². The van der Waals surface area contributed by atoms with Gasteiger partial charge in [-0.3, -0.25) is 9.78 Å². The number of nitrogen functional groups attached to an aromatic ring is 1. The maximum absolute atomic E-state index is 11.5. The molecule has 2 rings (SSSR count). The van der Waals surface area contributed by atoms with Crippen molar-refractivity contribution in [1.82, 2.24) is 9.97 Å². The second kappa shape index (κ2) is 4.39. The van der Waals surface area contributed by atoms with Gasteiger partial charge in [-0.25, -0.2) is 4.98 Å². The average molecular weight is 291 g/mol. The second-order valence-electron chi connectivity index (χ2n) is 3.29. The standard InChI is InChI=1S/C11H7BrN4O/c12-7-3-1-6(2-4-7)9-8(5-13)10(17)16-11(14)15-9/h1-4H,(H3,14,15,16,17). The molecule has 1 heterocycles. The van der Waals surface area contributed by atoms with Crippen molar-refractivity contribution in [3.8, 4) is 17.3 Å². The Morgan fingerprint density at radius 1 is 1.35 bits per heavy atom. The Morgan fingerprint density at radius 2 is 2.00 bits per heavy atom. The molecule has 0 bridgehead atoms. The van der Waals surface area contributed by atoms with E-state index in [0.29, 0.717) is 11.3 Å². The number of hydrogen-bond donors (Lipinski definition) is 2. The lowest BCUT2D eigenvalue weighted by Crippen LogP contribution is -2.16. The van der Waals surface area contributed by atoms with Crippen LogP contribution in [0.1, 0.15) is 5.56 Å². The first-order valence-corrected chi connectivity index (χ1v) is 5.47. The molecule has 0 saturated heterocycles. The van der Waals surface area contributed by atoms with Gasteiger partial charge in [0.05, 0.1) is 5.69 Å². The summed E-state index contributed by atoms with van der Waals surface area (Å²) in [5.74, 6) is -0.00748. The monoisotopic (exact) mass is 290 g/mol. The van der Waals surface area contributed by atoms with Crippen molar-refractivity contribution in [3.63, 3.8) is 0 Å². The van der Waals surface area contributed by atoms with E-state index in [2.05, 4.69) is 25.9 Å². The van der Waals surface area contributed by atoms with Gasteiger partial charge in [0.2, 0.25) is 5.95 Å². The third-order valence-corrected chi connectivity index (χ3v) is 2.70. The molecule has 0 unspecified atom stereocenters. The number of nitriles is 1. The highest BCUT2D eigenvalue weighted by Crippen LogP contribution is 2.21. The third-order valence-electron chi connectivity index (χ3n) is 2.17. The first kappa shape index (κ1) is 11.4. The first-order valence-electron chi connectivity index (χ1n) is 4.67. The van der Waals surface area contributed by atoms with Crippen molar-refractivity contribution in [3.05, 3.63) is 44.7 Å². The first-order chi connectivity index (χ1) is 8.11. The highest BCUT2D eigenvalue weighted by atomic mass is 79.9. The number of nitrogens with one attached hydrogen (secondary N) is 1. The number of benzene rings is 1. The fourth-order valence-electron chi connectivity index (χ4n) is 1.41. The van der Waals surface area contributed by atoms with Crippen molar-refractivity contribution >= 4 is 21.9 Å². The Kier molecular flexibility index (Phi) is 2.93. The predicted octanol–water partition coefficient (Wildman–Crippen LogP) is 1.65. The van der Waals surface area contributed by atoms with E-state index in [1.165, 1.54) is 0 Å². The van der Waals surface area contributed by atoms with Crippen LogP contribution in [0.2, 0.25) is 0 Å². The fourth-order valence-corrected chi connectivity index (χ4v) is 1.68. The number of H-pyrrole nitrogens is 1. The molecule has 0 aliphatic rings. The van der Waals surface area contributed by atoms with E-state index >= 15 is 0 Å². The van der Waals surface area contributed by atoms with Crippen LogP contribution in [0.3, 0.4) is 0 Å². The predicted molar refractivity (Wildman–Crippen MR) is 67.1 cm³/mol. The summed E-state index contributed by atoms with van der Waals surface area (Å²) in [5.41, 5.74) is 5.86. The van der Waals surface area contributed by atoms with Crippen molar-refractivity contribution in [2.24, 2.45) is 0 Å². The zero-order valence-electron chi connectivity index (χ0n) is 8.57. The van der Waals surface area contributed by atoms with Gasteiger partial charge in [-0.05, 0) is 12.1 Å². The van der Waals surface area contributed by atoms with E-state index in [-0.39, 0.29) is 11.5 Å². The van der Waals surface area contributed by atoms with Crippen LogP contribution in [-0.2, 0) is 0 Å². The van der Waals surface area contributed by atoms with Crippen LogP contribution in [0.4, 0.5) is 5.95 Å². The van der Waals surface area contributed by atoms with Crippen LogP contribution >= 0.6 is 15.9 Å². The molecule has 17 heavy (non-hydrogen) atoms. The lowest BCUT2D eigenvalue weighted by molar-refractivity contribution is 1.12. The fraction of sp³-hybridized carbons (Fsp3) is 0. The van der Waals surface area contributed by atoms with Crippen molar-refractivity contribution in [1.29, 1.82) is 5.26 Å². The smallest absolute Gasteiger partial charge is 0.270 e. The van der Waals surface area contributed by atoms with Gasteiger partial charge in [0.25, 0.3) is 5.56 Å². The minimum atomic E-state index is -0.530. The molecule has 0 atom stereocenters. The van der Waals surface area contributed by atoms with E-state index in [1.54, 1.807) is 24.3 Å². The summed E-state index contributed by atoms with van der Waals surface area (Å²) in [5, 5.41) is 8.95. The highest BCUT2D eigenvalue weighted by molar-refractivity contribution is 9.10. The molecule has 3 N–H and O–H groups in total. The van der Waals surface area contributed by atoms with E-state index in [0.717, 1.165) is 4.47 Å². The van der Waals surface area contributed by atoms with Crippen molar-refractivity contribution < 1.29 is 0 Å². The van der Waals surface area contributed by atoms with Gasteiger partial charge in [0.1, 0.15) is 11.6 Å². The molecule has 84 valence electrons. The molecule has 0 radical (unpaired) electrons. The van der Waals surface area contributed by atoms with Gasteiger partial charge in [-0.15, -0.1) is 0 Å². The Labute approximate surface area is 105 Å². The van der Waals surface area contributed by atoms with Crippen LogP contribution < -0.4 is 11.3 Å². The summed E-state index contributed by atoms with van der Waals surface area (Å²) >= 11 is 3.30. The van der Waals surface area contributed by atoms with E-state index in [9.17, 15) is 4.79 Å².